The zero-order valence-corrected chi connectivity index (χ0v) is 13.0. The van der Waals surface area contributed by atoms with Crippen LogP contribution in [0.4, 0.5) is 0 Å². The number of ether oxygens (including phenoxy) is 3. The van der Waals surface area contributed by atoms with Crippen molar-refractivity contribution in [3.63, 3.8) is 0 Å². The number of esters is 1. The maximum atomic E-state index is 11.7. The topological polar surface area (TPSA) is 57.9 Å². The smallest absolute Gasteiger partial charge is 0.331 e. The molecule has 0 aliphatic carbocycles. The van der Waals surface area contributed by atoms with E-state index in [1.54, 1.807) is 30.3 Å². The monoisotopic (exact) mass is 334 g/mol. The molecule has 0 saturated heterocycles. The van der Waals surface area contributed by atoms with Gasteiger partial charge in [0, 0.05) is 12.5 Å². The minimum Gasteiger partial charge on any atom is -0.489 e. The summed E-state index contributed by atoms with van der Waals surface area (Å²) in [5.74, 6) is 1.23. The Labute approximate surface area is 138 Å². The number of carbonyl (C=O) groups is 1. The second-order valence-corrected chi connectivity index (χ2v) is 5.32. The highest BCUT2D eigenvalue weighted by molar-refractivity contribution is 6.32. The van der Waals surface area contributed by atoms with Crippen molar-refractivity contribution in [3.8, 4) is 11.5 Å². The summed E-state index contributed by atoms with van der Waals surface area (Å²) < 4.78 is 21.4. The van der Waals surface area contributed by atoms with E-state index in [9.17, 15) is 4.79 Å². The third kappa shape index (κ3) is 4.07. The van der Waals surface area contributed by atoms with E-state index in [-0.39, 0.29) is 6.61 Å². The summed E-state index contributed by atoms with van der Waals surface area (Å²) in [4.78, 5) is 11.7. The average Bonchev–Trinajstić information content (AvgIpc) is 2.95. The third-order valence-corrected chi connectivity index (χ3v) is 3.45. The lowest BCUT2D eigenvalue weighted by Crippen LogP contribution is -2.01. The fourth-order valence-corrected chi connectivity index (χ4v) is 2.39. The first kappa shape index (κ1) is 15.5. The second kappa shape index (κ2) is 7.24. The number of halogens is 1. The Kier molecular flexibility index (Phi) is 4.88. The maximum Gasteiger partial charge on any atom is 0.331 e. The van der Waals surface area contributed by atoms with Gasteiger partial charge in [-0.2, -0.15) is 0 Å². The van der Waals surface area contributed by atoms with Crippen LogP contribution in [0.5, 0.6) is 11.5 Å². The predicted octanol–water partition coefficient (Wildman–Crippen LogP) is 3.85. The molecule has 0 radical (unpaired) electrons. The van der Waals surface area contributed by atoms with Gasteiger partial charge in [-0.25, -0.2) is 4.79 Å². The molecule has 0 saturated carbocycles. The van der Waals surface area contributed by atoms with Crippen LogP contribution in [0.15, 0.2) is 41.0 Å². The van der Waals surface area contributed by atoms with Crippen LogP contribution in [0.2, 0.25) is 5.02 Å². The molecule has 1 aromatic carbocycles. The summed E-state index contributed by atoms with van der Waals surface area (Å²) >= 11 is 6.19. The zero-order chi connectivity index (χ0) is 16.1. The Morgan fingerprint density at radius 3 is 3.00 bits per heavy atom. The number of rotatable bonds is 4. The highest BCUT2D eigenvalue weighted by atomic mass is 35.5. The highest BCUT2D eigenvalue weighted by Crippen LogP contribution is 2.38. The lowest BCUT2D eigenvalue weighted by atomic mass is 10.2. The molecule has 0 unspecified atom stereocenters. The summed E-state index contributed by atoms with van der Waals surface area (Å²) in [5, 5.41) is 0.446. The summed E-state index contributed by atoms with van der Waals surface area (Å²) in [7, 11) is 0. The van der Waals surface area contributed by atoms with E-state index in [4.69, 9.17) is 30.2 Å². The Bertz CT molecular complexity index is 706. The molecule has 2 heterocycles. The van der Waals surface area contributed by atoms with Crippen LogP contribution in [0.1, 0.15) is 17.7 Å². The lowest BCUT2D eigenvalue weighted by Gasteiger charge is -2.11. The molecule has 1 aromatic heterocycles. The number of hydrogen-bond donors (Lipinski definition) is 0. The van der Waals surface area contributed by atoms with E-state index >= 15 is 0 Å². The van der Waals surface area contributed by atoms with Crippen LogP contribution >= 0.6 is 11.6 Å². The van der Waals surface area contributed by atoms with Gasteiger partial charge in [0.25, 0.3) is 0 Å². The van der Waals surface area contributed by atoms with E-state index in [1.807, 2.05) is 0 Å². The van der Waals surface area contributed by atoms with Gasteiger partial charge in [-0.1, -0.05) is 11.6 Å². The standard InChI is InChI=1S/C17H15ClO5/c18-14-9-12(10-15-17(14)22-8-2-7-21-15)11-23-16(19)5-4-13-3-1-6-20-13/h1,3-6,9-10H,2,7-8,11H2/b5-4+. The Morgan fingerprint density at radius 1 is 1.30 bits per heavy atom. The first-order valence-corrected chi connectivity index (χ1v) is 7.56. The van der Waals surface area contributed by atoms with Gasteiger partial charge in [0.05, 0.1) is 24.5 Å². The van der Waals surface area contributed by atoms with Crippen molar-refractivity contribution in [2.75, 3.05) is 13.2 Å². The van der Waals surface area contributed by atoms with Crippen LogP contribution in [0.25, 0.3) is 6.08 Å². The van der Waals surface area contributed by atoms with E-state index in [2.05, 4.69) is 0 Å². The fourth-order valence-electron chi connectivity index (χ4n) is 2.11. The summed E-state index contributed by atoms with van der Waals surface area (Å²) in [5.41, 5.74) is 0.735. The average molecular weight is 335 g/mol. The molecule has 3 rings (SSSR count). The quantitative estimate of drug-likeness (QED) is 0.628. The van der Waals surface area contributed by atoms with E-state index in [0.29, 0.717) is 35.5 Å². The molecule has 1 aliphatic heterocycles. The van der Waals surface area contributed by atoms with Gasteiger partial charge >= 0.3 is 5.97 Å². The van der Waals surface area contributed by atoms with Crippen LogP contribution in [-0.2, 0) is 16.1 Å². The third-order valence-electron chi connectivity index (χ3n) is 3.17. The number of fused-ring (bicyclic) bond motifs is 1. The van der Waals surface area contributed by atoms with Crippen LogP contribution < -0.4 is 9.47 Å². The first-order valence-electron chi connectivity index (χ1n) is 7.19. The van der Waals surface area contributed by atoms with Gasteiger partial charge < -0.3 is 18.6 Å². The zero-order valence-electron chi connectivity index (χ0n) is 12.3. The number of hydrogen-bond acceptors (Lipinski definition) is 5. The maximum absolute atomic E-state index is 11.7. The molecule has 1 aliphatic rings. The van der Waals surface area contributed by atoms with Gasteiger partial charge in [0.1, 0.15) is 12.4 Å². The largest absolute Gasteiger partial charge is 0.489 e. The number of furan rings is 1. The van der Waals surface area contributed by atoms with E-state index in [1.165, 1.54) is 12.3 Å². The number of carbonyl (C=O) groups excluding carboxylic acids is 1. The molecule has 0 amide bonds. The Balaban J connectivity index is 1.63. The fraction of sp³-hybridized carbons (Fsp3) is 0.235. The van der Waals surface area contributed by atoms with Crippen molar-refractivity contribution in [1.29, 1.82) is 0 Å². The lowest BCUT2D eigenvalue weighted by molar-refractivity contribution is -0.138. The minimum atomic E-state index is -0.468. The molecule has 5 nitrogen and oxygen atoms in total. The van der Waals surface area contributed by atoms with Crippen molar-refractivity contribution in [2.45, 2.75) is 13.0 Å². The van der Waals surface area contributed by atoms with Gasteiger partial charge in [-0.15, -0.1) is 0 Å². The predicted molar refractivity (Wildman–Crippen MR) is 84.6 cm³/mol. The molecule has 6 heteroatoms. The SMILES string of the molecule is O=C(/C=C/c1ccco1)OCc1cc(Cl)c2c(c1)OCCCO2. The molecule has 0 fully saturated rings. The van der Waals surface area contributed by atoms with Crippen molar-refractivity contribution in [1.82, 2.24) is 0 Å². The Morgan fingerprint density at radius 2 is 2.17 bits per heavy atom. The first-order chi connectivity index (χ1) is 11.2. The van der Waals surface area contributed by atoms with E-state index in [0.717, 1.165) is 12.0 Å². The molecule has 0 bridgehead atoms. The summed E-state index contributed by atoms with van der Waals surface area (Å²) in [6.07, 6.45) is 5.18. The molecule has 23 heavy (non-hydrogen) atoms. The van der Waals surface area contributed by atoms with Crippen molar-refractivity contribution < 1.29 is 23.4 Å². The summed E-state index contributed by atoms with van der Waals surface area (Å²) in [6, 6.07) is 6.97. The molecular formula is C17H15ClO5. The van der Waals surface area contributed by atoms with E-state index < -0.39 is 5.97 Å². The minimum absolute atomic E-state index is 0.0949. The van der Waals surface area contributed by atoms with Crippen molar-refractivity contribution >= 4 is 23.6 Å². The van der Waals surface area contributed by atoms with Crippen LogP contribution in [0.3, 0.4) is 0 Å². The second-order valence-electron chi connectivity index (χ2n) is 4.91. The molecule has 0 N–H and O–H groups in total. The molecule has 120 valence electrons. The summed E-state index contributed by atoms with van der Waals surface area (Å²) in [6.45, 7) is 1.23. The van der Waals surface area contributed by atoms with Gasteiger partial charge in [0.2, 0.25) is 0 Å². The van der Waals surface area contributed by atoms with Crippen molar-refractivity contribution in [3.05, 3.63) is 53.0 Å². The van der Waals surface area contributed by atoms with Crippen molar-refractivity contribution in [2.24, 2.45) is 0 Å². The van der Waals surface area contributed by atoms with Gasteiger partial charge in [0.15, 0.2) is 11.5 Å². The molecular weight excluding hydrogens is 320 g/mol. The van der Waals surface area contributed by atoms with Crippen LogP contribution in [0, 0.1) is 0 Å². The molecule has 0 spiro atoms. The molecule has 2 aromatic rings. The van der Waals surface area contributed by atoms with Gasteiger partial charge in [-0.05, 0) is 35.9 Å². The Hall–Kier alpha value is -2.40. The highest BCUT2D eigenvalue weighted by Gasteiger charge is 2.16. The van der Waals surface area contributed by atoms with Crippen LogP contribution in [-0.4, -0.2) is 19.2 Å². The normalized spacial score (nSPS) is 13.8. The van der Waals surface area contributed by atoms with Gasteiger partial charge in [-0.3, -0.25) is 0 Å². The number of benzene rings is 1. The molecule has 0 atom stereocenters.